The molecule has 0 heterocycles. The summed E-state index contributed by atoms with van der Waals surface area (Å²) >= 11 is 9.17. The highest BCUT2D eigenvalue weighted by Gasteiger charge is 2.20. The van der Waals surface area contributed by atoms with Crippen molar-refractivity contribution >= 4 is 37.6 Å². The summed E-state index contributed by atoms with van der Waals surface area (Å²) in [6, 6.07) is 6.35. The van der Waals surface area contributed by atoms with Crippen LogP contribution in [0.4, 0.5) is 0 Å². The minimum absolute atomic E-state index is 0.248. The summed E-state index contributed by atoms with van der Waals surface area (Å²) in [4.78, 5) is 0.248. The Hall–Kier alpha value is -0.100. The Balaban J connectivity index is 2.68. The summed E-state index contributed by atoms with van der Waals surface area (Å²) in [5.74, 6) is 0. The van der Waals surface area contributed by atoms with E-state index in [2.05, 4.69) is 15.9 Å². The van der Waals surface area contributed by atoms with E-state index in [9.17, 15) is 8.42 Å². The summed E-state index contributed by atoms with van der Waals surface area (Å²) < 4.78 is 25.8. The van der Waals surface area contributed by atoms with Crippen LogP contribution in [-0.4, -0.2) is 31.6 Å². The van der Waals surface area contributed by atoms with Crippen molar-refractivity contribution in [3.63, 3.8) is 0 Å². The van der Waals surface area contributed by atoms with Crippen molar-refractivity contribution in [3.05, 3.63) is 29.3 Å². The third-order valence-corrected chi connectivity index (χ3v) is 5.26. The van der Waals surface area contributed by atoms with Gasteiger partial charge in [-0.15, -0.1) is 0 Å². The average molecular weight is 355 g/mol. The number of benzene rings is 1. The van der Waals surface area contributed by atoms with E-state index in [1.807, 2.05) is 0 Å². The number of unbranched alkanes of at least 4 members (excludes halogenated alkanes) is 2. The predicted molar refractivity (Wildman–Crippen MR) is 78.9 cm³/mol. The molecule has 0 fully saturated rings. The number of hydrogen-bond acceptors (Lipinski definition) is 2. The fourth-order valence-electron chi connectivity index (χ4n) is 1.53. The summed E-state index contributed by atoms with van der Waals surface area (Å²) in [7, 11) is -1.81. The van der Waals surface area contributed by atoms with Gasteiger partial charge in [-0.1, -0.05) is 40.0 Å². The van der Waals surface area contributed by atoms with E-state index in [0.717, 1.165) is 24.6 Å². The quantitative estimate of drug-likeness (QED) is 0.555. The van der Waals surface area contributed by atoms with Crippen LogP contribution in [0.1, 0.15) is 19.3 Å². The third-order valence-electron chi connectivity index (χ3n) is 2.61. The Bertz CT molecular complexity index is 479. The van der Waals surface area contributed by atoms with Crippen molar-refractivity contribution in [2.75, 3.05) is 18.9 Å². The lowest BCUT2D eigenvalue weighted by Gasteiger charge is -2.17. The summed E-state index contributed by atoms with van der Waals surface area (Å²) in [5, 5.41) is 1.39. The van der Waals surface area contributed by atoms with Gasteiger partial charge in [0.1, 0.15) is 0 Å². The van der Waals surface area contributed by atoms with Crippen LogP contribution in [-0.2, 0) is 10.0 Å². The maximum atomic E-state index is 12.2. The third kappa shape index (κ3) is 4.53. The molecule has 0 aliphatic carbocycles. The summed E-state index contributed by atoms with van der Waals surface area (Å²) in [6.45, 7) is 0.530. The number of halogens is 2. The summed E-state index contributed by atoms with van der Waals surface area (Å²) in [5.41, 5.74) is 0. The Morgan fingerprint density at radius 1 is 1.28 bits per heavy atom. The highest BCUT2D eigenvalue weighted by atomic mass is 79.9. The zero-order valence-corrected chi connectivity index (χ0v) is 13.4. The Morgan fingerprint density at radius 2 is 2.00 bits per heavy atom. The Kier molecular flexibility index (Phi) is 6.63. The van der Waals surface area contributed by atoms with Gasteiger partial charge in [0.2, 0.25) is 10.0 Å². The van der Waals surface area contributed by atoms with Crippen molar-refractivity contribution in [1.82, 2.24) is 4.31 Å². The van der Waals surface area contributed by atoms with E-state index >= 15 is 0 Å². The van der Waals surface area contributed by atoms with Crippen LogP contribution in [0.2, 0.25) is 5.02 Å². The van der Waals surface area contributed by atoms with Crippen LogP contribution in [0.15, 0.2) is 29.2 Å². The molecule has 0 spiro atoms. The van der Waals surface area contributed by atoms with Crippen molar-refractivity contribution < 1.29 is 8.42 Å². The van der Waals surface area contributed by atoms with Crippen LogP contribution in [0.25, 0.3) is 0 Å². The van der Waals surface area contributed by atoms with Crippen molar-refractivity contribution in [2.45, 2.75) is 24.2 Å². The minimum atomic E-state index is -3.41. The second kappa shape index (κ2) is 7.48. The van der Waals surface area contributed by atoms with E-state index in [1.165, 1.54) is 10.4 Å². The van der Waals surface area contributed by atoms with Crippen LogP contribution in [0.5, 0.6) is 0 Å². The lowest BCUT2D eigenvalue weighted by molar-refractivity contribution is 0.455. The number of hydrogen-bond donors (Lipinski definition) is 0. The average Bonchev–Trinajstić information content (AvgIpc) is 2.34. The van der Waals surface area contributed by atoms with Gasteiger partial charge >= 0.3 is 0 Å². The molecule has 0 saturated carbocycles. The number of rotatable bonds is 7. The maximum absolute atomic E-state index is 12.2. The van der Waals surface area contributed by atoms with Crippen LogP contribution >= 0.6 is 27.5 Å². The maximum Gasteiger partial charge on any atom is 0.242 e. The normalized spacial score (nSPS) is 12.0. The lowest BCUT2D eigenvalue weighted by Crippen LogP contribution is -2.28. The molecule has 0 aromatic heterocycles. The monoisotopic (exact) mass is 353 g/mol. The van der Waals surface area contributed by atoms with E-state index < -0.39 is 10.0 Å². The molecule has 1 aromatic rings. The van der Waals surface area contributed by atoms with Gasteiger partial charge < -0.3 is 0 Å². The number of sulfonamides is 1. The van der Waals surface area contributed by atoms with E-state index in [0.29, 0.717) is 11.6 Å². The molecule has 0 N–H and O–H groups in total. The molecule has 6 heteroatoms. The molecule has 102 valence electrons. The van der Waals surface area contributed by atoms with Gasteiger partial charge in [0.15, 0.2) is 0 Å². The van der Waals surface area contributed by atoms with Gasteiger partial charge in [0.05, 0.1) is 4.90 Å². The molecule has 1 aromatic carbocycles. The number of alkyl halides is 1. The first-order valence-electron chi connectivity index (χ1n) is 5.76. The molecule has 0 radical (unpaired) electrons. The zero-order valence-electron chi connectivity index (χ0n) is 10.3. The highest BCUT2D eigenvalue weighted by Crippen LogP contribution is 2.19. The van der Waals surface area contributed by atoms with Gasteiger partial charge in [-0.3, -0.25) is 0 Å². The van der Waals surface area contributed by atoms with Gasteiger partial charge in [0, 0.05) is 23.9 Å². The first kappa shape index (κ1) is 16.0. The molecule has 0 saturated heterocycles. The molecule has 18 heavy (non-hydrogen) atoms. The Labute approximate surface area is 122 Å². The highest BCUT2D eigenvalue weighted by molar-refractivity contribution is 9.09. The Morgan fingerprint density at radius 3 is 2.61 bits per heavy atom. The molecule has 0 atom stereocenters. The van der Waals surface area contributed by atoms with Crippen molar-refractivity contribution in [1.29, 1.82) is 0 Å². The van der Waals surface area contributed by atoms with Crippen molar-refractivity contribution in [3.8, 4) is 0 Å². The van der Waals surface area contributed by atoms with E-state index in [-0.39, 0.29) is 4.90 Å². The molecular weight excluding hydrogens is 338 g/mol. The van der Waals surface area contributed by atoms with Crippen molar-refractivity contribution in [2.24, 2.45) is 0 Å². The molecule has 1 rings (SSSR count). The number of nitrogens with zero attached hydrogens (tertiary/aromatic N) is 1. The molecule has 0 amide bonds. The molecule has 0 aliphatic heterocycles. The molecule has 0 aliphatic rings. The fourth-order valence-corrected chi connectivity index (χ4v) is 3.44. The first-order valence-corrected chi connectivity index (χ1v) is 8.70. The lowest BCUT2D eigenvalue weighted by atomic mass is 10.2. The minimum Gasteiger partial charge on any atom is -0.207 e. The first-order chi connectivity index (χ1) is 8.48. The SMILES string of the molecule is CN(CCCCCBr)S(=O)(=O)c1cccc(Cl)c1. The topological polar surface area (TPSA) is 37.4 Å². The van der Waals surface area contributed by atoms with Crippen LogP contribution < -0.4 is 0 Å². The van der Waals surface area contributed by atoms with Gasteiger partial charge in [-0.2, -0.15) is 0 Å². The van der Waals surface area contributed by atoms with E-state index in [4.69, 9.17) is 11.6 Å². The second-order valence-corrected chi connectivity index (χ2v) is 7.31. The van der Waals surface area contributed by atoms with Gasteiger partial charge in [-0.05, 0) is 31.0 Å². The largest absolute Gasteiger partial charge is 0.242 e. The van der Waals surface area contributed by atoms with Gasteiger partial charge in [-0.25, -0.2) is 12.7 Å². The van der Waals surface area contributed by atoms with Crippen LogP contribution in [0, 0.1) is 0 Å². The standard InChI is InChI=1S/C12H17BrClNO2S/c1-15(9-4-2-3-8-13)18(16,17)12-7-5-6-11(14)10-12/h5-7,10H,2-4,8-9H2,1H3. The molecule has 3 nitrogen and oxygen atoms in total. The molecule has 0 unspecified atom stereocenters. The summed E-state index contributed by atoms with van der Waals surface area (Å²) in [6.07, 6.45) is 2.94. The fraction of sp³-hybridized carbons (Fsp3) is 0.500. The molecular formula is C12H17BrClNO2S. The smallest absolute Gasteiger partial charge is 0.207 e. The molecule has 0 bridgehead atoms. The van der Waals surface area contributed by atoms with E-state index in [1.54, 1.807) is 25.2 Å². The van der Waals surface area contributed by atoms with Gasteiger partial charge in [0.25, 0.3) is 0 Å². The predicted octanol–water partition coefficient (Wildman–Crippen LogP) is 3.53. The van der Waals surface area contributed by atoms with Crippen LogP contribution in [0.3, 0.4) is 0 Å². The second-order valence-electron chi connectivity index (χ2n) is 4.03. The zero-order chi connectivity index (χ0) is 13.6.